The van der Waals surface area contributed by atoms with E-state index in [9.17, 15) is 13.2 Å². The molecule has 6 nitrogen and oxygen atoms in total. The van der Waals surface area contributed by atoms with Crippen LogP contribution < -0.4 is 10.0 Å². The lowest BCUT2D eigenvalue weighted by Crippen LogP contribution is -2.52. The second-order valence-electron chi connectivity index (χ2n) is 7.38. The molecule has 0 radical (unpaired) electrons. The Morgan fingerprint density at radius 2 is 1.74 bits per heavy atom. The molecule has 0 atom stereocenters. The van der Waals surface area contributed by atoms with Crippen molar-refractivity contribution in [1.82, 2.24) is 14.9 Å². The summed E-state index contributed by atoms with van der Waals surface area (Å²) in [6, 6.07) is 6.00. The van der Waals surface area contributed by atoms with Crippen LogP contribution in [-0.2, 0) is 10.0 Å². The Labute approximate surface area is 163 Å². The van der Waals surface area contributed by atoms with E-state index >= 15 is 0 Å². The van der Waals surface area contributed by atoms with E-state index in [0.29, 0.717) is 12.1 Å². The predicted molar refractivity (Wildman–Crippen MR) is 108 cm³/mol. The van der Waals surface area contributed by atoms with E-state index in [1.54, 1.807) is 12.1 Å². The van der Waals surface area contributed by atoms with Gasteiger partial charge >= 0.3 is 0 Å². The number of hydrogen-bond acceptors (Lipinski definition) is 4. The number of nitrogens with zero attached hydrogens (tertiary/aromatic N) is 1. The highest BCUT2D eigenvalue weighted by atomic mass is 32.2. The highest BCUT2D eigenvalue weighted by Crippen LogP contribution is 2.30. The summed E-state index contributed by atoms with van der Waals surface area (Å²) in [6.45, 7) is 4.25. The number of hydrogen-bond donors (Lipinski definition) is 2. The summed E-state index contributed by atoms with van der Waals surface area (Å²) in [6.07, 6.45) is 8.49. The van der Waals surface area contributed by atoms with Gasteiger partial charge in [-0.25, -0.2) is 13.1 Å². The molecule has 0 bridgehead atoms. The molecule has 1 aromatic carbocycles. The van der Waals surface area contributed by atoms with Crippen molar-refractivity contribution in [2.75, 3.05) is 27.2 Å². The topological polar surface area (TPSA) is 78.5 Å². The molecular formula is C20H31N3O3S. The lowest BCUT2D eigenvalue weighted by Gasteiger charge is -2.39. The first-order valence-electron chi connectivity index (χ1n) is 9.47. The molecule has 150 valence electrons. The molecule has 1 saturated carbocycles. The SMILES string of the molecule is C=CCNS(=O)(=O)c1ccc(C(=O)NCC2(N(C)C)CCCCCC2)cc1. The molecule has 1 aliphatic carbocycles. The van der Waals surface area contributed by atoms with Crippen molar-refractivity contribution in [3.63, 3.8) is 0 Å². The first kappa shape index (κ1) is 21.6. The average molecular weight is 394 g/mol. The van der Waals surface area contributed by atoms with Gasteiger partial charge in [-0.05, 0) is 51.2 Å². The van der Waals surface area contributed by atoms with Crippen LogP contribution in [0.25, 0.3) is 0 Å². The molecule has 2 rings (SSSR count). The Morgan fingerprint density at radius 3 is 2.26 bits per heavy atom. The van der Waals surface area contributed by atoms with E-state index in [0.717, 1.165) is 12.8 Å². The van der Waals surface area contributed by atoms with Crippen LogP contribution in [0.15, 0.2) is 41.8 Å². The van der Waals surface area contributed by atoms with Gasteiger partial charge in [0.05, 0.1) is 4.90 Å². The largest absolute Gasteiger partial charge is 0.350 e. The van der Waals surface area contributed by atoms with Crippen LogP contribution in [0.1, 0.15) is 48.9 Å². The predicted octanol–water partition coefficient (Wildman–Crippen LogP) is 2.54. The van der Waals surface area contributed by atoms with E-state index in [2.05, 4.69) is 35.6 Å². The fraction of sp³-hybridized carbons (Fsp3) is 0.550. The normalized spacial score (nSPS) is 17.3. The average Bonchev–Trinajstić information content (AvgIpc) is 2.91. The molecule has 7 heteroatoms. The second-order valence-corrected chi connectivity index (χ2v) is 9.15. The maximum Gasteiger partial charge on any atom is 0.251 e. The Bertz CT molecular complexity index is 734. The third kappa shape index (κ3) is 5.64. The number of carbonyl (C=O) groups is 1. The third-order valence-corrected chi connectivity index (χ3v) is 6.84. The minimum atomic E-state index is -3.58. The highest BCUT2D eigenvalue weighted by molar-refractivity contribution is 7.89. The number of benzene rings is 1. The maximum absolute atomic E-state index is 12.6. The molecule has 1 amide bonds. The van der Waals surface area contributed by atoms with Crippen LogP contribution in [0, 0.1) is 0 Å². The van der Waals surface area contributed by atoms with Crippen molar-refractivity contribution in [3.05, 3.63) is 42.5 Å². The van der Waals surface area contributed by atoms with Crippen LogP contribution >= 0.6 is 0 Å². The standard InChI is InChI=1S/C20H31N3O3S/c1-4-15-22-27(25,26)18-11-9-17(10-12-18)19(24)21-16-20(23(2)3)13-7-5-6-8-14-20/h4,9-12,22H,1,5-8,13-16H2,2-3H3,(H,21,24). The lowest BCUT2D eigenvalue weighted by molar-refractivity contribution is 0.0869. The molecule has 0 saturated heterocycles. The summed E-state index contributed by atoms with van der Waals surface area (Å²) >= 11 is 0. The number of carbonyl (C=O) groups excluding carboxylic acids is 1. The van der Waals surface area contributed by atoms with Gasteiger partial charge in [-0.3, -0.25) is 4.79 Å². The zero-order valence-corrected chi connectivity index (χ0v) is 17.1. The molecule has 27 heavy (non-hydrogen) atoms. The molecule has 1 aliphatic rings. The van der Waals surface area contributed by atoms with Crippen molar-refractivity contribution in [3.8, 4) is 0 Å². The molecule has 0 unspecified atom stereocenters. The molecule has 1 aromatic rings. The molecule has 0 aromatic heterocycles. The number of amides is 1. The summed E-state index contributed by atoms with van der Waals surface area (Å²) in [7, 11) is 0.575. The van der Waals surface area contributed by atoms with E-state index in [1.807, 2.05) is 0 Å². The lowest BCUT2D eigenvalue weighted by atomic mass is 9.88. The Hall–Kier alpha value is -1.70. The molecule has 0 heterocycles. The van der Waals surface area contributed by atoms with Crippen molar-refractivity contribution in [2.24, 2.45) is 0 Å². The van der Waals surface area contributed by atoms with Gasteiger partial charge in [-0.1, -0.05) is 31.8 Å². The zero-order chi connectivity index (χ0) is 19.9. The summed E-state index contributed by atoms with van der Waals surface area (Å²) in [5.41, 5.74) is 0.449. The zero-order valence-electron chi connectivity index (χ0n) is 16.3. The van der Waals surface area contributed by atoms with Gasteiger partial charge in [0.15, 0.2) is 0 Å². The molecule has 2 N–H and O–H groups in total. The van der Waals surface area contributed by atoms with Crippen LogP contribution in [0.2, 0.25) is 0 Å². The van der Waals surface area contributed by atoms with Gasteiger partial charge in [0.1, 0.15) is 0 Å². The van der Waals surface area contributed by atoms with E-state index in [4.69, 9.17) is 0 Å². The van der Waals surface area contributed by atoms with Crippen LogP contribution in [-0.4, -0.2) is 51.9 Å². The molecule has 0 aliphatic heterocycles. The van der Waals surface area contributed by atoms with Gasteiger partial charge in [-0.15, -0.1) is 6.58 Å². The number of nitrogens with one attached hydrogen (secondary N) is 2. The fourth-order valence-electron chi connectivity index (χ4n) is 3.55. The monoisotopic (exact) mass is 393 g/mol. The summed E-state index contributed by atoms with van der Waals surface area (Å²) < 4.78 is 26.6. The number of likely N-dealkylation sites (N-methyl/N-ethyl adjacent to an activating group) is 1. The van der Waals surface area contributed by atoms with Crippen LogP contribution in [0.5, 0.6) is 0 Å². The Kier molecular flexibility index (Phi) is 7.59. The van der Waals surface area contributed by atoms with Crippen LogP contribution in [0.3, 0.4) is 0 Å². The molecule has 0 spiro atoms. The summed E-state index contributed by atoms with van der Waals surface area (Å²) in [5, 5.41) is 3.05. The number of rotatable bonds is 8. The van der Waals surface area contributed by atoms with Crippen LogP contribution in [0.4, 0.5) is 0 Å². The second kappa shape index (κ2) is 9.48. The molecule has 1 fully saturated rings. The van der Waals surface area contributed by atoms with Gasteiger partial charge in [-0.2, -0.15) is 0 Å². The van der Waals surface area contributed by atoms with Gasteiger partial charge in [0.25, 0.3) is 5.91 Å². The first-order chi connectivity index (χ1) is 12.8. The Balaban J connectivity index is 2.04. The van der Waals surface area contributed by atoms with Gasteiger partial charge in [0, 0.05) is 24.2 Å². The highest BCUT2D eigenvalue weighted by Gasteiger charge is 2.33. The minimum Gasteiger partial charge on any atom is -0.350 e. The number of sulfonamides is 1. The van der Waals surface area contributed by atoms with Gasteiger partial charge < -0.3 is 10.2 Å². The Morgan fingerprint density at radius 1 is 1.15 bits per heavy atom. The van der Waals surface area contributed by atoms with E-state index in [-0.39, 0.29) is 22.9 Å². The smallest absolute Gasteiger partial charge is 0.251 e. The third-order valence-electron chi connectivity index (χ3n) is 5.41. The quantitative estimate of drug-likeness (QED) is 0.525. The minimum absolute atomic E-state index is 0.00987. The van der Waals surface area contributed by atoms with E-state index in [1.165, 1.54) is 43.9 Å². The fourth-order valence-corrected chi connectivity index (χ4v) is 4.55. The van der Waals surface area contributed by atoms with Crippen molar-refractivity contribution < 1.29 is 13.2 Å². The molecular weight excluding hydrogens is 362 g/mol. The van der Waals surface area contributed by atoms with Crippen molar-refractivity contribution in [1.29, 1.82) is 0 Å². The van der Waals surface area contributed by atoms with Crippen molar-refractivity contribution >= 4 is 15.9 Å². The van der Waals surface area contributed by atoms with Crippen molar-refractivity contribution in [2.45, 2.75) is 49.0 Å². The summed E-state index contributed by atoms with van der Waals surface area (Å²) in [4.78, 5) is 14.9. The summed E-state index contributed by atoms with van der Waals surface area (Å²) in [5.74, 6) is -0.177. The van der Waals surface area contributed by atoms with Gasteiger partial charge in [0.2, 0.25) is 10.0 Å². The van der Waals surface area contributed by atoms with E-state index < -0.39 is 10.0 Å². The maximum atomic E-state index is 12.6. The first-order valence-corrected chi connectivity index (χ1v) is 11.0.